The van der Waals surface area contributed by atoms with Crippen LogP contribution in [0.25, 0.3) is 11.4 Å². The topological polar surface area (TPSA) is 97.1 Å². The van der Waals surface area contributed by atoms with Crippen molar-refractivity contribution in [3.8, 4) is 17.1 Å². The quantitative estimate of drug-likeness (QED) is 0.742. The lowest BCUT2D eigenvalue weighted by molar-refractivity contribution is 0.0942. The summed E-state index contributed by atoms with van der Waals surface area (Å²) >= 11 is 0. The first-order valence-electron chi connectivity index (χ1n) is 7.70. The van der Waals surface area contributed by atoms with Gasteiger partial charge in [0, 0.05) is 31.5 Å². The van der Waals surface area contributed by atoms with Crippen molar-refractivity contribution in [2.75, 3.05) is 0 Å². The summed E-state index contributed by atoms with van der Waals surface area (Å²) in [5.41, 5.74) is 0.130. The van der Waals surface area contributed by atoms with Crippen LogP contribution in [0.4, 0.5) is 4.39 Å². The van der Waals surface area contributed by atoms with E-state index in [0.717, 1.165) is 4.57 Å². The van der Waals surface area contributed by atoms with Gasteiger partial charge in [-0.2, -0.15) is 0 Å². The van der Waals surface area contributed by atoms with Gasteiger partial charge < -0.3 is 10.4 Å². The van der Waals surface area contributed by atoms with Crippen molar-refractivity contribution in [1.82, 2.24) is 19.9 Å². The Morgan fingerprint density at radius 3 is 2.50 bits per heavy atom. The van der Waals surface area contributed by atoms with Crippen LogP contribution in [0, 0.1) is 5.82 Å². The lowest BCUT2D eigenvalue weighted by atomic mass is 10.2. The number of rotatable bonds is 4. The number of hydrogen-bond donors (Lipinski definition) is 2. The number of benzene rings is 1. The molecule has 3 aromatic rings. The molecule has 2 heterocycles. The van der Waals surface area contributed by atoms with Crippen molar-refractivity contribution < 1.29 is 14.3 Å². The van der Waals surface area contributed by atoms with Gasteiger partial charge in [-0.3, -0.25) is 19.1 Å². The van der Waals surface area contributed by atoms with Gasteiger partial charge in [0.15, 0.2) is 5.69 Å². The molecule has 0 saturated carbocycles. The Labute approximate surface area is 147 Å². The van der Waals surface area contributed by atoms with E-state index in [4.69, 9.17) is 0 Å². The SMILES string of the molecule is Cn1c(-c2ccncc2)nc(C(=O)NCc2ccc(F)cc2)c(O)c1=O. The van der Waals surface area contributed by atoms with Gasteiger partial charge in [0.05, 0.1) is 0 Å². The Morgan fingerprint density at radius 1 is 1.19 bits per heavy atom. The molecule has 0 spiro atoms. The number of aromatic nitrogens is 3. The first-order chi connectivity index (χ1) is 12.5. The van der Waals surface area contributed by atoms with Crippen molar-refractivity contribution in [1.29, 1.82) is 0 Å². The number of carbonyl (C=O) groups is 1. The van der Waals surface area contributed by atoms with Gasteiger partial charge >= 0.3 is 0 Å². The third-order valence-corrected chi connectivity index (χ3v) is 3.79. The minimum atomic E-state index is -0.737. The van der Waals surface area contributed by atoms with E-state index in [1.165, 1.54) is 43.7 Å². The average molecular weight is 354 g/mol. The molecule has 0 fully saturated rings. The van der Waals surface area contributed by atoms with E-state index < -0.39 is 17.2 Å². The third kappa shape index (κ3) is 3.44. The maximum atomic E-state index is 12.9. The maximum absolute atomic E-state index is 12.9. The number of pyridine rings is 1. The molecule has 2 N–H and O–H groups in total. The molecule has 0 aliphatic heterocycles. The highest BCUT2D eigenvalue weighted by atomic mass is 19.1. The molecular formula is C18H15FN4O3. The van der Waals surface area contributed by atoms with Crippen LogP contribution in [-0.2, 0) is 13.6 Å². The lowest BCUT2D eigenvalue weighted by Crippen LogP contribution is -2.29. The molecule has 1 amide bonds. The predicted octanol–water partition coefficient (Wildman–Crippen LogP) is 1.62. The van der Waals surface area contributed by atoms with E-state index >= 15 is 0 Å². The fourth-order valence-corrected chi connectivity index (χ4v) is 2.38. The monoisotopic (exact) mass is 354 g/mol. The molecule has 0 atom stereocenters. The van der Waals surface area contributed by atoms with Gasteiger partial charge in [0.25, 0.3) is 11.5 Å². The fraction of sp³-hybridized carbons (Fsp3) is 0.111. The van der Waals surface area contributed by atoms with E-state index in [2.05, 4.69) is 15.3 Å². The highest BCUT2D eigenvalue weighted by Gasteiger charge is 2.20. The number of amides is 1. The van der Waals surface area contributed by atoms with Gasteiger partial charge in [0.2, 0.25) is 5.75 Å². The standard InChI is InChI=1S/C18H15FN4O3/c1-23-16(12-6-8-20-9-7-12)22-14(15(24)18(23)26)17(25)21-10-11-2-4-13(19)5-3-11/h2-9,24H,10H2,1H3,(H,21,25). The number of nitrogens with one attached hydrogen (secondary N) is 1. The molecule has 7 nitrogen and oxygen atoms in total. The molecule has 0 unspecified atom stereocenters. The fourth-order valence-electron chi connectivity index (χ4n) is 2.38. The number of halogens is 1. The molecule has 8 heteroatoms. The molecule has 132 valence electrons. The Bertz CT molecular complexity index is 1000. The first-order valence-corrected chi connectivity index (χ1v) is 7.70. The van der Waals surface area contributed by atoms with Crippen molar-refractivity contribution >= 4 is 5.91 Å². The number of nitrogens with zero attached hydrogens (tertiary/aromatic N) is 3. The van der Waals surface area contributed by atoms with E-state index in [9.17, 15) is 19.1 Å². The van der Waals surface area contributed by atoms with E-state index in [1.807, 2.05) is 0 Å². The van der Waals surface area contributed by atoms with Crippen LogP contribution in [0.5, 0.6) is 5.75 Å². The second-order valence-electron chi connectivity index (χ2n) is 5.54. The van der Waals surface area contributed by atoms with Gasteiger partial charge in [-0.1, -0.05) is 12.1 Å². The molecule has 0 aliphatic carbocycles. The smallest absolute Gasteiger partial charge is 0.296 e. The average Bonchev–Trinajstić information content (AvgIpc) is 2.66. The summed E-state index contributed by atoms with van der Waals surface area (Å²) in [5.74, 6) is -1.60. The van der Waals surface area contributed by atoms with Crippen molar-refractivity contribution in [3.63, 3.8) is 0 Å². The summed E-state index contributed by atoms with van der Waals surface area (Å²) in [5, 5.41) is 12.6. The molecule has 3 rings (SSSR count). The van der Waals surface area contributed by atoms with E-state index in [-0.39, 0.29) is 23.9 Å². The van der Waals surface area contributed by atoms with Crippen LogP contribution in [0.3, 0.4) is 0 Å². The summed E-state index contributed by atoms with van der Waals surface area (Å²) in [6.45, 7) is 0.0973. The Kier molecular flexibility index (Phi) is 4.74. The molecule has 0 saturated heterocycles. The Hall–Kier alpha value is -3.55. The van der Waals surface area contributed by atoms with Crippen LogP contribution in [0.15, 0.2) is 53.6 Å². The zero-order chi connectivity index (χ0) is 18.7. The molecule has 0 bridgehead atoms. The lowest BCUT2D eigenvalue weighted by Gasteiger charge is -2.11. The zero-order valence-corrected chi connectivity index (χ0v) is 13.8. The molecule has 26 heavy (non-hydrogen) atoms. The van der Waals surface area contributed by atoms with E-state index in [1.54, 1.807) is 12.1 Å². The van der Waals surface area contributed by atoms with Gasteiger partial charge in [-0.15, -0.1) is 0 Å². The van der Waals surface area contributed by atoms with Gasteiger partial charge in [0.1, 0.15) is 11.6 Å². The van der Waals surface area contributed by atoms with Crippen LogP contribution >= 0.6 is 0 Å². The van der Waals surface area contributed by atoms with Crippen LogP contribution in [0.1, 0.15) is 16.1 Å². The van der Waals surface area contributed by atoms with Crippen molar-refractivity contribution in [3.05, 3.63) is 76.2 Å². The maximum Gasteiger partial charge on any atom is 0.296 e. The van der Waals surface area contributed by atoms with Crippen molar-refractivity contribution in [2.45, 2.75) is 6.54 Å². The zero-order valence-electron chi connectivity index (χ0n) is 13.8. The molecule has 0 radical (unpaired) electrons. The largest absolute Gasteiger partial charge is 0.501 e. The number of hydrogen-bond acceptors (Lipinski definition) is 5. The normalized spacial score (nSPS) is 10.5. The summed E-state index contributed by atoms with van der Waals surface area (Å²) in [6, 6.07) is 8.87. The summed E-state index contributed by atoms with van der Waals surface area (Å²) in [7, 11) is 1.45. The van der Waals surface area contributed by atoms with Crippen LogP contribution in [-0.4, -0.2) is 25.5 Å². The summed E-state index contributed by atoms with van der Waals surface area (Å²) in [4.78, 5) is 32.7. The highest BCUT2D eigenvalue weighted by molar-refractivity contribution is 5.95. The second-order valence-corrected chi connectivity index (χ2v) is 5.54. The molecule has 2 aromatic heterocycles. The van der Waals surface area contributed by atoms with Crippen LogP contribution in [0.2, 0.25) is 0 Å². The first kappa shape index (κ1) is 17.3. The predicted molar refractivity (Wildman–Crippen MR) is 91.9 cm³/mol. The third-order valence-electron chi connectivity index (χ3n) is 3.79. The molecular weight excluding hydrogens is 339 g/mol. The van der Waals surface area contributed by atoms with E-state index in [0.29, 0.717) is 11.1 Å². The minimum absolute atomic E-state index is 0.0973. The second kappa shape index (κ2) is 7.14. The van der Waals surface area contributed by atoms with Gasteiger partial charge in [-0.25, -0.2) is 9.37 Å². The van der Waals surface area contributed by atoms with Crippen LogP contribution < -0.4 is 10.9 Å². The number of aromatic hydroxyl groups is 1. The Morgan fingerprint density at radius 2 is 1.85 bits per heavy atom. The highest BCUT2D eigenvalue weighted by Crippen LogP contribution is 2.18. The summed E-state index contributed by atoms with van der Waals surface area (Å²) in [6.07, 6.45) is 3.06. The molecule has 1 aromatic carbocycles. The number of carbonyl (C=O) groups excluding carboxylic acids is 1. The van der Waals surface area contributed by atoms with Crippen molar-refractivity contribution in [2.24, 2.45) is 7.05 Å². The van der Waals surface area contributed by atoms with Gasteiger partial charge in [-0.05, 0) is 29.8 Å². The molecule has 0 aliphatic rings. The Balaban J connectivity index is 1.91. The minimum Gasteiger partial charge on any atom is -0.501 e. The summed E-state index contributed by atoms with van der Waals surface area (Å²) < 4.78 is 14.1.